The van der Waals surface area contributed by atoms with E-state index >= 15 is 0 Å². The fraction of sp³-hybridized carbons (Fsp3) is 0.647. The summed E-state index contributed by atoms with van der Waals surface area (Å²) in [6, 6.07) is 8.36. The molecule has 1 aromatic rings. The fourth-order valence-corrected chi connectivity index (χ4v) is 2.73. The molecular formula is C17H26O2. The lowest BCUT2D eigenvalue weighted by atomic mass is 9.86. The van der Waals surface area contributed by atoms with E-state index in [4.69, 9.17) is 4.74 Å². The van der Waals surface area contributed by atoms with E-state index in [0.29, 0.717) is 5.92 Å². The van der Waals surface area contributed by atoms with Crippen molar-refractivity contribution in [2.24, 2.45) is 5.92 Å². The molecule has 1 aromatic carbocycles. The van der Waals surface area contributed by atoms with Gasteiger partial charge in [-0.2, -0.15) is 0 Å². The standard InChI is InChI=1S/C17H26O2/c1-3-4-5-14-7-9-15(10-8-14)19-17-12-13(2)6-11-16(17)18/h7-10,13,16-18H,3-6,11-12H2,1-2H3. The summed E-state index contributed by atoms with van der Waals surface area (Å²) in [7, 11) is 0. The maximum absolute atomic E-state index is 9.99. The first-order chi connectivity index (χ1) is 9.19. The average molecular weight is 262 g/mol. The Bertz CT molecular complexity index is 371. The lowest BCUT2D eigenvalue weighted by Gasteiger charge is -2.31. The van der Waals surface area contributed by atoms with Gasteiger partial charge in [0, 0.05) is 0 Å². The third-order valence-corrected chi connectivity index (χ3v) is 4.05. The molecule has 2 nitrogen and oxygen atoms in total. The highest BCUT2D eigenvalue weighted by Gasteiger charge is 2.28. The smallest absolute Gasteiger partial charge is 0.125 e. The van der Waals surface area contributed by atoms with Gasteiger partial charge in [-0.3, -0.25) is 0 Å². The molecule has 0 aromatic heterocycles. The van der Waals surface area contributed by atoms with Crippen molar-refractivity contribution in [1.82, 2.24) is 0 Å². The summed E-state index contributed by atoms with van der Waals surface area (Å²) in [6.45, 7) is 4.44. The average Bonchev–Trinajstić information content (AvgIpc) is 2.42. The van der Waals surface area contributed by atoms with Crippen molar-refractivity contribution >= 4 is 0 Å². The van der Waals surface area contributed by atoms with Crippen LogP contribution in [-0.4, -0.2) is 17.3 Å². The summed E-state index contributed by atoms with van der Waals surface area (Å²) < 4.78 is 5.95. The van der Waals surface area contributed by atoms with Crippen molar-refractivity contribution in [2.75, 3.05) is 0 Å². The molecule has 0 bridgehead atoms. The van der Waals surface area contributed by atoms with E-state index in [9.17, 15) is 5.11 Å². The second kappa shape index (κ2) is 6.95. The van der Waals surface area contributed by atoms with Crippen LogP contribution in [0, 0.1) is 5.92 Å². The zero-order chi connectivity index (χ0) is 13.7. The third kappa shape index (κ3) is 4.24. The van der Waals surface area contributed by atoms with Gasteiger partial charge in [-0.15, -0.1) is 0 Å². The van der Waals surface area contributed by atoms with E-state index in [0.717, 1.165) is 31.4 Å². The number of aliphatic hydroxyl groups excluding tert-OH is 1. The monoisotopic (exact) mass is 262 g/mol. The van der Waals surface area contributed by atoms with Gasteiger partial charge >= 0.3 is 0 Å². The van der Waals surface area contributed by atoms with E-state index in [2.05, 4.69) is 26.0 Å². The van der Waals surface area contributed by atoms with Crippen LogP contribution in [-0.2, 0) is 6.42 Å². The van der Waals surface area contributed by atoms with Crippen molar-refractivity contribution in [2.45, 2.75) is 64.6 Å². The molecule has 1 aliphatic rings. The summed E-state index contributed by atoms with van der Waals surface area (Å²) in [5, 5.41) is 9.99. The topological polar surface area (TPSA) is 29.5 Å². The van der Waals surface area contributed by atoms with Gasteiger partial charge in [0.15, 0.2) is 0 Å². The van der Waals surface area contributed by atoms with E-state index in [-0.39, 0.29) is 12.2 Å². The largest absolute Gasteiger partial charge is 0.488 e. The maximum Gasteiger partial charge on any atom is 0.125 e. The van der Waals surface area contributed by atoms with Crippen molar-refractivity contribution in [3.05, 3.63) is 29.8 Å². The lowest BCUT2D eigenvalue weighted by Crippen LogP contribution is -2.37. The molecule has 0 radical (unpaired) electrons. The predicted octanol–water partition coefficient (Wildman–Crippen LogP) is 3.96. The van der Waals surface area contributed by atoms with E-state index < -0.39 is 0 Å². The molecule has 0 spiro atoms. The molecule has 0 aliphatic heterocycles. The molecule has 1 fully saturated rings. The second-order valence-corrected chi connectivity index (χ2v) is 5.89. The molecule has 1 N–H and O–H groups in total. The minimum Gasteiger partial charge on any atom is -0.488 e. The number of rotatable bonds is 5. The van der Waals surface area contributed by atoms with Crippen LogP contribution >= 0.6 is 0 Å². The molecule has 0 heterocycles. The molecular weight excluding hydrogens is 236 g/mol. The Morgan fingerprint density at radius 2 is 1.95 bits per heavy atom. The Balaban J connectivity index is 1.91. The second-order valence-electron chi connectivity index (χ2n) is 5.89. The van der Waals surface area contributed by atoms with E-state index in [1.54, 1.807) is 0 Å². The van der Waals surface area contributed by atoms with Crippen LogP contribution < -0.4 is 4.74 Å². The van der Waals surface area contributed by atoms with Crippen LogP contribution in [0.2, 0.25) is 0 Å². The van der Waals surface area contributed by atoms with Gasteiger partial charge in [-0.05, 0) is 55.7 Å². The molecule has 19 heavy (non-hydrogen) atoms. The summed E-state index contributed by atoms with van der Waals surface area (Å²) in [5.74, 6) is 1.54. The zero-order valence-corrected chi connectivity index (χ0v) is 12.1. The van der Waals surface area contributed by atoms with Crippen LogP contribution in [0.4, 0.5) is 0 Å². The highest BCUT2D eigenvalue weighted by Crippen LogP contribution is 2.28. The Morgan fingerprint density at radius 3 is 2.63 bits per heavy atom. The van der Waals surface area contributed by atoms with Gasteiger partial charge in [0.05, 0.1) is 6.10 Å². The lowest BCUT2D eigenvalue weighted by molar-refractivity contribution is -0.00758. The van der Waals surface area contributed by atoms with Crippen LogP contribution in [0.1, 0.15) is 51.5 Å². The number of aryl methyl sites for hydroxylation is 1. The van der Waals surface area contributed by atoms with Crippen molar-refractivity contribution in [1.29, 1.82) is 0 Å². The SMILES string of the molecule is CCCCc1ccc(OC2CC(C)CCC2O)cc1. The summed E-state index contributed by atoms with van der Waals surface area (Å²) in [5.41, 5.74) is 1.37. The molecule has 0 amide bonds. The molecule has 2 rings (SSSR count). The van der Waals surface area contributed by atoms with E-state index in [1.807, 2.05) is 12.1 Å². The number of ether oxygens (including phenoxy) is 1. The Hall–Kier alpha value is -1.02. The number of unbranched alkanes of at least 4 members (excludes halogenated alkanes) is 1. The first kappa shape index (κ1) is 14.4. The zero-order valence-electron chi connectivity index (χ0n) is 12.1. The normalized spacial score (nSPS) is 27.2. The van der Waals surface area contributed by atoms with Gasteiger partial charge in [0.1, 0.15) is 11.9 Å². The number of aliphatic hydroxyl groups is 1. The van der Waals surface area contributed by atoms with Crippen molar-refractivity contribution in [3.8, 4) is 5.75 Å². The first-order valence-electron chi connectivity index (χ1n) is 7.62. The Kier molecular flexibility index (Phi) is 5.26. The molecule has 1 saturated carbocycles. The van der Waals surface area contributed by atoms with Crippen molar-refractivity contribution in [3.63, 3.8) is 0 Å². The fourth-order valence-electron chi connectivity index (χ4n) is 2.73. The summed E-state index contributed by atoms with van der Waals surface area (Å²) in [6.07, 6.45) is 6.18. The molecule has 2 heteroatoms. The van der Waals surface area contributed by atoms with Gasteiger partial charge in [-0.1, -0.05) is 32.4 Å². The summed E-state index contributed by atoms with van der Waals surface area (Å²) in [4.78, 5) is 0. The number of hydrogen-bond acceptors (Lipinski definition) is 2. The number of hydrogen-bond donors (Lipinski definition) is 1. The maximum atomic E-state index is 9.99. The van der Waals surface area contributed by atoms with Crippen LogP contribution in [0.25, 0.3) is 0 Å². The van der Waals surface area contributed by atoms with Gasteiger partial charge in [-0.25, -0.2) is 0 Å². The Morgan fingerprint density at radius 1 is 1.21 bits per heavy atom. The molecule has 3 atom stereocenters. The van der Waals surface area contributed by atoms with Gasteiger partial charge in [0.2, 0.25) is 0 Å². The summed E-state index contributed by atoms with van der Waals surface area (Å²) >= 11 is 0. The highest BCUT2D eigenvalue weighted by molar-refractivity contribution is 5.27. The van der Waals surface area contributed by atoms with Crippen LogP contribution in [0.3, 0.4) is 0 Å². The van der Waals surface area contributed by atoms with Gasteiger partial charge in [0.25, 0.3) is 0 Å². The predicted molar refractivity (Wildman–Crippen MR) is 78.5 cm³/mol. The van der Waals surface area contributed by atoms with Crippen molar-refractivity contribution < 1.29 is 9.84 Å². The Labute approximate surface area is 116 Å². The molecule has 1 aliphatic carbocycles. The van der Waals surface area contributed by atoms with E-state index in [1.165, 1.54) is 18.4 Å². The van der Waals surface area contributed by atoms with Crippen LogP contribution in [0.5, 0.6) is 5.75 Å². The third-order valence-electron chi connectivity index (χ3n) is 4.05. The molecule has 106 valence electrons. The van der Waals surface area contributed by atoms with Crippen LogP contribution in [0.15, 0.2) is 24.3 Å². The minimum absolute atomic E-state index is 0.0368. The highest BCUT2D eigenvalue weighted by atomic mass is 16.5. The number of benzene rings is 1. The first-order valence-corrected chi connectivity index (χ1v) is 7.62. The molecule has 3 unspecified atom stereocenters. The van der Waals surface area contributed by atoms with Gasteiger partial charge < -0.3 is 9.84 Å². The quantitative estimate of drug-likeness (QED) is 0.870. The minimum atomic E-state index is -0.309. The molecule has 0 saturated heterocycles.